The summed E-state index contributed by atoms with van der Waals surface area (Å²) >= 11 is 0. The maximum atomic E-state index is 2.48. The van der Waals surface area contributed by atoms with Crippen LogP contribution in [-0.2, 0) is 0 Å². The number of hydrogen-bond acceptors (Lipinski definition) is 0. The van der Waals surface area contributed by atoms with Crippen LogP contribution in [0.25, 0.3) is 163 Å². The van der Waals surface area contributed by atoms with E-state index in [-0.39, 0.29) is 0 Å². The Kier molecular flexibility index (Phi) is 9.44. The molecule has 350 valence electrons. The van der Waals surface area contributed by atoms with Crippen LogP contribution in [0.1, 0.15) is 0 Å². The molecule has 0 N–H and O–H groups in total. The van der Waals surface area contributed by atoms with Gasteiger partial charge in [0.25, 0.3) is 0 Å². The number of benzene rings is 16. The standard InChI is InChI=1S/C76H46/c1-3-15-47(16-4-1)67-43-75-65-37-31-51(41-71(65)68(48-17-5-2-6-18-48)44-73(75)63-25-13-11-23-61(63)67)52-32-38-66-72(42-52)70(56-34-36-60-54(40-56)30-28-50-20-8-10-22-58(50)60)46-74-64-26-14-12-24-62(64)69(45-76(66)74)55-33-35-59-53(39-55)29-27-49-19-7-9-21-57(49)59/h1-46H. The van der Waals surface area contributed by atoms with Crippen molar-refractivity contribution < 1.29 is 0 Å². The fourth-order valence-electron chi connectivity index (χ4n) is 12.9. The Balaban J connectivity index is 0.952. The molecular formula is C76H46. The van der Waals surface area contributed by atoms with Gasteiger partial charge in [-0.05, 0) is 212 Å². The molecule has 0 aliphatic heterocycles. The SMILES string of the molecule is c1ccc(-c2cc3c4ccc(-c5ccc6c(c5)c(-c5ccc7c(ccc8ccccc87)c5)cc5c7ccccc7c(-c7ccc8c(ccc9ccccc98)c7)cc65)cc4c(-c4ccccc4)cc3c3ccccc23)cc1. The molecule has 0 aromatic heterocycles. The second kappa shape index (κ2) is 16.8. The number of rotatable bonds is 5. The van der Waals surface area contributed by atoms with Gasteiger partial charge in [-0.2, -0.15) is 0 Å². The number of hydrogen-bond donors (Lipinski definition) is 0. The maximum absolute atomic E-state index is 2.48. The lowest BCUT2D eigenvalue weighted by Crippen LogP contribution is -1.91. The molecule has 16 aromatic rings. The van der Waals surface area contributed by atoms with Crippen molar-refractivity contribution in [3.63, 3.8) is 0 Å². The van der Waals surface area contributed by atoms with Crippen LogP contribution in [0.15, 0.2) is 279 Å². The van der Waals surface area contributed by atoms with E-state index in [1.165, 1.54) is 163 Å². The van der Waals surface area contributed by atoms with E-state index in [1.54, 1.807) is 0 Å². The van der Waals surface area contributed by atoms with Gasteiger partial charge in [0.1, 0.15) is 0 Å². The highest BCUT2D eigenvalue weighted by molar-refractivity contribution is 6.27. The van der Waals surface area contributed by atoms with Crippen LogP contribution >= 0.6 is 0 Å². The Bertz CT molecular complexity index is 5080. The normalized spacial score (nSPS) is 11.9. The first kappa shape index (κ1) is 42.6. The highest BCUT2D eigenvalue weighted by atomic mass is 14.2. The van der Waals surface area contributed by atoms with E-state index < -0.39 is 0 Å². The Morgan fingerprint density at radius 1 is 0.118 bits per heavy atom. The first-order valence-electron chi connectivity index (χ1n) is 26.5. The summed E-state index contributed by atoms with van der Waals surface area (Å²) in [4.78, 5) is 0. The third-order valence-corrected chi connectivity index (χ3v) is 16.6. The summed E-state index contributed by atoms with van der Waals surface area (Å²) in [7, 11) is 0. The molecule has 0 unspecified atom stereocenters. The average Bonchev–Trinajstić information content (AvgIpc) is 3.65. The van der Waals surface area contributed by atoms with Gasteiger partial charge >= 0.3 is 0 Å². The molecule has 0 spiro atoms. The molecule has 0 heterocycles. The van der Waals surface area contributed by atoms with Gasteiger partial charge in [-0.3, -0.25) is 0 Å². The smallest absolute Gasteiger partial charge is 0.00923 e. The Labute approximate surface area is 440 Å². The largest absolute Gasteiger partial charge is 0.0622 e. The summed E-state index contributed by atoms with van der Waals surface area (Å²) in [6, 6.07) is 105. The van der Waals surface area contributed by atoms with Gasteiger partial charge in [-0.25, -0.2) is 0 Å². The second-order valence-electron chi connectivity index (χ2n) is 20.7. The van der Waals surface area contributed by atoms with Gasteiger partial charge in [-0.1, -0.05) is 231 Å². The summed E-state index contributed by atoms with van der Waals surface area (Å²) in [5, 5.41) is 25.2. The lowest BCUT2D eigenvalue weighted by molar-refractivity contribution is 1.65. The fraction of sp³-hybridized carbons (Fsp3) is 0. The van der Waals surface area contributed by atoms with E-state index >= 15 is 0 Å². The molecule has 16 aromatic carbocycles. The van der Waals surface area contributed by atoms with Crippen LogP contribution < -0.4 is 0 Å². The monoisotopic (exact) mass is 958 g/mol. The fourth-order valence-corrected chi connectivity index (χ4v) is 12.9. The van der Waals surface area contributed by atoms with Crippen molar-refractivity contribution in [2.75, 3.05) is 0 Å². The van der Waals surface area contributed by atoms with E-state index in [9.17, 15) is 0 Å². The molecule has 0 fully saturated rings. The Hall–Kier alpha value is -9.88. The van der Waals surface area contributed by atoms with Gasteiger partial charge in [0.2, 0.25) is 0 Å². The highest BCUT2D eigenvalue weighted by Crippen LogP contribution is 2.47. The number of fused-ring (bicyclic) bond motifs is 16. The summed E-state index contributed by atoms with van der Waals surface area (Å²) < 4.78 is 0. The van der Waals surface area contributed by atoms with E-state index in [0.717, 1.165) is 0 Å². The van der Waals surface area contributed by atoms with E-state index in [2.05, 4.69) is 279 Å². The van der Waals surface area contributed by atoms with Crippen LogP contribution in [0, 0.1) is 0 Å². The van der Waals surface area contributed by atoms with Gasteiger partial charge in [-0.15, -0.1) is 0 Å². The molecule has 0 bridgehead atoms. The lowest BCUT2D eigenvalue weighted by atomic mass is 9.85. The zero-order valence-corrected chi connectivity index (χ0v) is 41.6. The molecule has 0 amide bonds. The quantitative estimate of drug-likeness (QED) is 0.151. The van der Waals surface area contributed by atoms with E-state index in [0.29, 0.717) is 0 Å². The van der Waals surface area contributed by atoms with Crippen molar-refractivity contribution in [1.82, 2.24) is 0 Å². The topological polar surface area (TPSA) is 0 Å². The van der Waals surface area contributed by atoms with E-state index in [4.69, 9.17) is 0 Å². The van der Waals surface area contributed by atoms with Crippen molar-refractivity contribution in [3.05, 3.63) is 279 Å². The van der Waals surface area contributed by atoms with Crippen molar-refractivity contribution in [2.45, 2.75) is 0 Å². The molecule has 76 heavy (non-hydrogen) atoms. The zero-order chi connectivity index (χ0) is 49.8. The summed E-state index contributed by atoms with van der Waals surface area (Å²) in [6.45, 7) is 0. The summed E-state index contributed by atoms with van der Waals surface area (Å²) in [5.41, 5.74) is 12.2. The molecular weight excluding hydrogens is 913 g/mol. The minimum absolute atomic E-state index is 1.19. The van der Waals surface area contributed by atoms with Gasteiger partial charge < -0.3 is 0 Å². The Morgan fingerprint density at radius 3 is 0.855 bits per heavy atom. The maximum Gasteiger partial charge on any atom is -0.00923 e. The van der Waals surface area contributed by atoms with Crippen LogP contribution in [0.5, 0.6) is 0 Å². The first-order valence-corrected chi connectivity index (χ1v) is 26.5. The lowest BCUT2D eigenvalue weighted by Gasteiger charge is -2.18. The third kappa shape index (κ3) is 6.64. The van der Waals surface area contributed by atoms with Gasteiger partial charge in [0, 0.05) is 0 Å². The van der Waals surface area contributed by atoms with Crippen LogP contribution in [0.2, 0.25) is 0 Å². The molecule has 0 radical (unpaired) electrons. The predicted octanol–water partition coefficient (Wildman–Crippen LogP) is 21.6. The highest BCUT2D eigenvalue weighted by Gasteiger charge is 2.19. The zero-order valence-electron chi connectivity index (χ0n) is 41.6. The van der Waals surface area contributed by atoms with Gasteiger partial charge in [0.05, 0.1) is 0 Å². The van der Waals surface area contributed by atoms with Crippen LogP contribution in [-0.4, -0.2) is 0 Å². The van der Waals surface area contributed by atoms with Crippen molar-refractivity contribution in [2.24, 2.45) is 0 Å². The van der Waals surface area contributed by atoms with Crippen molar-refractivity contribution in [3.8, 4) is 55.6 Å². The molecule has 0 aliphatic carbocycles. The predicted molar refractivity (Wildman–Crippen MR) is 329 cm³/mol. The Morgan fingerprint density at radius 2 is 0.408 bits per heavy atom. The van der Waals surface area contributed by atoms with Gasteiger partial charge in [0.15, 0.2) is 0 Å². The molecule has 0 saturated carbocycles. The van der Waals surface area contributed by atoms with Crippen molar-refractivity contribution in [1.29, 1.82) is 0 Å². The van der Waals surface area contributed by atoms with Crippen LogP contribution in [0.4, 0.5) is 0 Å². The molecule has 0 heteroatoms. The summed E-state index contributed by atoms with van der Waals surface area (Å²) in [6.07, 6.45) is 0. The molecule has 16 rings (SSSR count). The first-order chi connectivity index (χ1) is 37.7. The molecule has 0 nitrogen and oxygen atoms in total. The minimum Gasteiger partial charge on any atom is -0.0622 e. The van der Waals surface area contributed by atoms with Crippen LogP contribution in [0.3, 0.4) is 0 Å². The molecule has 0 saturated heterocycles. The molecule has 0 aliphatic rings. The summed E-state index contributed by atoms with van der Waals surface area (Å²) in [5.74, 6) is 0. The average molecular weight is 959 g/mol. The molecule has 0 atom stereocenters. The van der Waals surface area contributed by atoms with Crippen molar-refractivity contribution >= 4 is 108 Å². The second-order valence-corrected chi connectivity index (χ2v) is 20.7. The van der Waals surface area contributed by atoms with E-state index in [1.807, 2.05) is 0 Å². The third-order valence-electron chi connectivity index (χ3n) is 16.6. The minimum atomic E-state index is 1.19.